The molecule has 0 atom stereocenters. The first-order chi connectivity index (χ1) is 15.5. The zero-order chi connectivity index (χ0) is 22.5. The largest absolute Gasteiger partial charge is 0.493 e. The van der Waals surface area contributed by atoms with E-state index in [1.165, 1.54) is 25.5 Å². The van der Waals surface area contributed by atoms with Crippen molar-refractivity contribution in [2.45, 2.75) is 6.61 Å². The van der Waals surface area contributed by atoms with Crippen molar-refractivity contribution in [3.05, 3.63) is 93.9 Å². The number of hydrogen-bond donors (Lipinski definition) is 1. The lowest BCUT2D eigenvalue weighted by molar-refractivity contribution is 0.0929. The van der Waals surface area contributed by atoms with Crippen LogP contribution in [0.5, 0.6) is 11.5 Å². The number of fused-ring (bicyclic) bond motifs is 1. The van der Waals surface area contributed by atoms with Crippen molar-refractivity contribution in [3.63, 3.8) is 0 Å². The third-order valence-corrected chi connectivity index (χ3v) is 5.07. The van der Waals surface area contributed by atoms with Gasteiger partial charge in [-0.1, -0.05) is 28.1 Å². The van der Waals surface area contributed by atoms with Gasteiger partial charge in [0, 0.05) is 9.86 Å². The summed E-state index contributed by atoms with van der Waals surface area (Å²) in [5.74, 6) is 0.448. The van der Waals surface area contributed by atoms with Gasteiger partial charge in [-0.05, 0) is 65.7 Å². The van der Waals surface area contributed by atoms with Gasteiger partial charge >= 0.3 is 5.91 Å². The van der Waals surface area contributed by atoms with Crippen LogP contribution in [-0.2, 0) is 6.61 Å². The van der Waals surface area contributed by atoms with Crippen molar-refractivity contribution in [1.29, 1.82) is 0 Å². The molecular formula is C24H18BrFN2O4. The van der Waals surface area contributed by atoms with Gasteiger partial charge in [-0.25, -0.2) is 9.82 Å². The Balaban J connectivity index is 1.39. The molecule has 0 saturated carbocycles. The highest BCUT2D eigenvalue weighted by atomic mass is 79.9. The Morgan fingerprint density at radius 3 is 2.69 bits per heavy atom. The number of ether oxygens (including phenoxy) is 2. The molecule has 32 heavy (non-hydrogen) atoms. The number of rotatable bonds is 7. The van der Waals surface area contributed by atoms with Crippen LogP contribution in [0.25, 0.3) is 11.0 Å². The van der Waals surface area contributed by atoms with Gasteiger partial charge in [-0.2, -0.15) is 5.10 Å². The molecule has 0 aliphatic carbocycles. The van der Waals surface area contributed by atoms with Gasteiger partial charge in [0.1, 0.15) is 18.0 Å². The minimum atomic E-state index is -0.459. The highest BCUT2D eigenvalue weighted by molar-refractivity contribution is 9.10. The molecule has 4 aromatic rings. The van der Waals surface area contributed by atoms with E-state index in [1.807, 2.05) is 12.1 Å². The van der Waals surface area contributed by atoms with E-state index in [0.717, 1.165) is 15.4 Å². The maximum Gasteiger partial charge on any atom is 0.307 e. The monoisotopic (exact) mass is 496 g/mol. The molecule has 8 heteroatoms. The molecular weight excluding hydrogens is 479 g/mol. The van der Waals surface area contributed by atoms with Crippen LogP contribution in [0.3, 0.4) is 0 Å². The first kappa shape index (κ1) is 21.6. The normalized spacial score (nSPS) is 11.1. The summed E-state index contributed by atoms with van der Waals surface area (Å²) in [4.78, 5) is 12.3. The Labute approximate surface area is 191 Å². The van der Waals surface area contributed by atoms with Crippen molar-refractivity contribution >= 4 is 39.0 Å². The maximum atomic E-state index is 13.0. The predicted octanol–water partition coefficient (Wildman–Crippen LogP) is 5.69. The zero-order valence-electron chi connectivity index (χ0n) is 17.0. The fourth-order valence-electron chi connectivity index (χ4n) is 2.97. The van der Waals surface area contributed by atoms with E-state index in [2.05, 4.69) is 26.5 Å². The Hall–Kier alpha value is -3.65. The van der Waals surface area contributed by atoms with Gasteiger partial charge in [0.25, 0.3) is 0 Å². The van der Waals surface area contributed by atoms with Gasteiger partial charge in [0.2, 0.25) is 0 Å². The smallest absolute Gasteiger partial charge is 0.307 e. The first-order valence-corrected chi connectivity index (χ1v) is 10.4. The molecule has 0 unspecified atom stereocenters. The molecule has 0 radical (unpaired) electrons. The maximum absolute atomic E-state index is 13.0. The minimum absolute atomic E-state index is 0.164. The highest BCUT2D eigenvalue weighted by Crippen LogP contribution is 2.28. The predicted molar refractivity (Wildman–Crippen MR) is 123 cm³/mol. The number of furan rings is 1. The summed E-state index contributed by atoms with van der Waals surface area (Å²) in [5.41, 5.74) is 4.59. The lowest BCUT2D eigenvalue weighted by Gasteiger charge is -2.11. The number of carbonyl (C=O) groups is 1. The van der Waals surface area contributed by atoms with Crippen molar-refractivity contribution in [1.82, 2.24) is 5.43 Å². The Kier molecular flexibility index (Phi) is 6.51. The summed E-state index contributed by atoms with van der Waals surface area (Å²) >= 11 is 3.39. The lowest BCUT2D eigenvalue weighted by atomic mass is 10.2. The molecule has 1 N–H and O–H groups in total. The third-order valence-electron chi connectivity index (χ3n) is 4.58. The second kappa shape index (κ2) is 9.65. The molecule has 6 nitrogen and oxygen atoms in total. The van der Waals surface area contributed by atoms with Crippen molar-refractivity contribution in [2.24, 2.45) is 5.10 Å². The molecule has 0 aliphatic rings. The van der Waals surface area contributed by atoms with Crippen LogP contribution >= 0.6 is 15.9 Å². The summed E-state index contributed by atoms with van der Waals surface area (Å²) in [6, 6.07) is 18.5. The number of nitrogens with zero attached hydrogens (tertiary/aromatic N) is 1. The van der Waals surface area contributed by atoms with Crippen LogP contribution in [-0.4, -0.2) is 19.2 Å². The van der Waals surface area contributed by atoms with Crippen LogP contribution in [0.2, 0.25) is 0 Å². The Bertz CT molecular complexity index is 1290. The van der Waals surface area contributed by atoms with E-state index in [4.69, 9.17) is 13.9 Å². The summed E-state index contributed by atoms with van der Waals surface area (Å²) < 4.78 is 30.6. The molecule has 0 spiro atoms. The fraction of sp³-hybridized carbons (Fsp3) is 0.0833. The molecule has 1 aromatic heterocycles. The van der Waals surface area contributed by atoms with Crippen LogP contribution in [0.15, 0.2) is 80.7 Å². The van der Waals surface area contributed by atoms with Gasteiger partial charge < -0.3 is 13.9 Å². The quantitative estimate of drug-likeness (QED) is 0.263. The van der Waals surface area contributed by atoms with Gasteiger partial charge in [-0.15, -0.1) is 0 Å². The number of carbonyl (C=O) groups excluding carboxylic acids is 1. The lowest BCUT2D eigenvalue weighted by Crippen LogP contribution is -2.16. The molecule has 1 amide bonds. The molecule has 3 aromatic carbocycles. The SMILES string of the molecule is COc1cc(/C=N/NC(=O)c2cc3cc(Br)ccc3o2)ccc1OCc1ccc(F)cc1. The number of hydrogen-bond acceptors (Lipinski definition) is 5. The second-order valence-electron chi connectivity index (χ2n) is 6.82. The number of benzene rings is 3. The molecule has 1 heterocycles. The average molecular weight is 497 g/mol. The summed E-state index contributed by atoms with van der Waals surface area (Å²) in [6.45, 7) is 0.272. The standard InChI is InChI=1S/C24H18BrFN2O4/c1-30-22-10-16(4-8-21(22)31-14-15-2-6-19(26)7-3-15)13-27-28-24(29)23-12-17-11-18(25)5-9-20(17)32-23/h2-13H,14H2,1H3,(H,28,29)/b27-13+. The molecule has 0 fully saturated rings. The van der Waals surface area contributed by atoms with Crippen LogP contribution in [0, 0.1) is 5.82 Å². The van der Waals surface area contributed by atoms with E-state index >= 15 is 0 Å². The first-order valence-electron chi connectivity index (χ1n) is 9.59. The Morgan fingerprint density at radius 2 is 1.91 bits per heavy atom. The fourth-order valence-corrected chi connectivity index (χ4v) is 3.35. The van der Waals surface area contributed by atoms with E-state index in [9.17, 15) is 9.18 Å². The van der Waals surface area contributed by atoms with Crippen molar-refractivity contribution < 1.29 is 23.1 Å². The van der Waals surface area contributed by atoms with Crippen LogP contribution in [0.4, 0.5) is 4.39 Å². The highest BCUT2D eigenvalue weighted by Gasteiger charge is 2.12. The Morgan fingerprint density at radius 1 is 1.09 bits per heavy atom. The zero-order valence-corrected chi connectivity index (χ0v) is 18.6. The van der Waals surface area contributed by atoms with Crippen molar-refractivity contribution in [2.75, 3.05) is 7.11 Å². The van der Waals surface area contributed by atoms with Gasteiger partial charge in [0.05, 0.1) is 13.3 Å². The van der Waals surface area contributed by atoms with E-state index < -0.39 is 5.91 Å². The summed E-state index contributed by atoms with van der Waals surface area (Å²) in [7, 11) is 1.53. The minimum Gasteiger partial charge on any atom is -0.493 e. The number of nitrogens with one attached hydrogen (secondary N) is 1. The summed E-state index contributed by atoms with van der Waals surface area (Å²) in [6.07, 6.45) is 1.49. The topological polar surface area (TPSA) is 73.1 Å². The van der Waals surface area contributed by atoms with Crippen molar-refractivity contribution in [3.8, 4) is 11.5 Å². The van der Waals surface area contributed by atoms with E-state index in [1.54, 1.807) is 42.5 Å². The number of hydrazone groups is 1. The van der Waals surface area contributed by atoms with Crippen LogP contribution < -0.4 is 14.9 Å². The summed E-state index contributed by atoms with van der Waals surface area (Å²) in [5, 5.41) is 4.80. The number of amides is 1. The molecule has 0 bridgehead atoms. The number of methoxy groups -OCH3 is 1. The molecule has 0 aliphatic heterocycles. The van der Waals surface area contributed by atoms with E-state index in [-0.39, 0.29) is 18.2 Å². The molecule has 0 saturated heterocycles. The van der Waals surface area contributed by atoms with Gasteiger partial charge in [-0.3, -0.25) is 4.79 Å². The van der Waals surface area contributed by atoms with E-state index in [0.29, 0.717) is 22.6 Å². The molecule has 4 rings (SSSR count). The van der Waals surface area contributed by atoms with Gasteiger partial charge in [0.15, 0.2) is 17.3 Å². The third kappa shape index (κ3) is 5.15. The number of halogens is 2. The second-order valence-corrected chi connectivity index (χ2v) is 7.73. The average Bonchev–Trinajstić information content (AvgIpc) is 3.22. The molecule has 162 valence electrons. The van der Waals surface area contributed by atoms with Crippen LogP contribution in [0.1, 0.15) is 21.7 Å².